The van der Waals surface area contributed by atoms with Gasteiger partial charge in [0.1, 0.15) is 12.4 Å². The van der Waals surface area contributed by atoms with Gasteiger partial charge >= 0.3 is 0 Å². The van der Waals surface area contributed by atoms with Crippen LogP contribution < -0.4 is 14.4 Å². The fourth-order valence-corrected chi connectivity index (χ4v) is 9.87. The number of fused-ring (bicyclic) bond motifs is 4. The van der Waals surface area contributed by atoms with Crippen LogP contribution in [0.1, 0.15) is 67.4 Å². The molecule has 2 aliphatic carbocycles. The third-order valence-electron chi connectivity index (χ3n) is 11.8. The molecule has 2 aromatic carbocycles. The first-order chi connectivity index (χ1) is 24.0. The minimum absolute atomic E-state index is 0.0171. The van der Waals surface area contributed by atoms with Crippen LogP contribution in [0.2, 0.25) is 5.02 Å². The van der Waals surface area contributed by atoms with Crippen molar-refractivity contribution in [3.05, 3.63) is 70.3 Å². The van der Waals surface area contributed by atoms with Gasteiger partial charge in [-0.2, -0.15) is 0 Å². The van der Waals surface area contributed by atoms with Gasteiger partial charge in [-0.1, -0.05) is 36.7 Å². The molecule has 0 radical (unpaired) electrons. The Bertz CT molecular complexity index is 1750. The van der Waals surface area contributed by atoms with Crippen molar-refractivity contribution in [1.82, 2.24) is 9.62 Å². The number of carbonyl (C=O) groups is 2. The van der Waals surface area contributed by atoms with E-state index in [1.807, 2.05) is 25.1 Å². The lowest BCUT2D eigenvalue weighted by molar-refractivity contribution is -0.143. The summed E-state index contributed by atoms with van der Waals surface area (Å²) in [5.74, 6) is 0.147. The number of hydrogen-bond acceptors (Lipinski definition) is 8. The molecule has 12 heteroatoms. The second kappa shape index (κ2) is 14.5. The molecule has 1 N–H and O–H groups in total. The second-order valence-corrected chi connectivity index (χ2v) is 17.4. The van der Waals surface area contributed by atoms with Gasteiger partial charge in [-0.25, -0.2) is 13.1 Å². The summed E-state index contributed by atoms with van der Waals surface area (Å²) in [6.45, 7) is 7.52. The summed E-state index contributed by atoms with van der Waals surface area (Å²) >= 11 is 6.45. The number of sulfonamides is 1. The van der Waals surface area contributed by atoms with Crippen molar-refractivity contribution in [2.45, 2.75) is 69.1 Å². The molecule has 1 saturated carbocycles. The second-order valence-electron chi connectivity index (χ2n) is 14.9. The van der Waals surface area contributed by atoms with Crippen molar-refractivity contribution in [2.24, 2.45) is 17.8 Å². The molecule has 3 aliphatic heterocycles. The maximum atomic E-state index is 13.5. The van der Waals surface area contributed by atoms with Crippen molar-refractivity contribution in [1.29, 1.82) is 0 Å². The molecule has 6 atom stereocenters. The molecule has 10 nitrogen and oxygen atoms in total. The fraction of sp³-hybridized carbons (Fsp3) is 0.579. The van der Waals surface area contributed by atoms with Crippen molar-refractivity contribution < 1.29 is 32.2 Å². The van der Waals surface area contributed by atoms with E-state index in [0.717, 1.165) is 42.8 Å². The molecule has 0 aromatic heterocycles. The number of hydrogen-bond donors (Lipinski definition) is 1. The molecule has 1 saturated heterocycles. The molecular formula is C38H48ClN3O7S. The number of ether oxygens (including phenoxy) is 3. The molecule has 1 spiro atoms. The average molecular weight is 726 g/mol. The number of amides is 2. The van der Waals surface area contributed by atoms with Crippen molar-refractivity contribution in [3.63, 3.8) is 0 Å². The third-order valence-corrected chi connectivity index (χ3v) is 13.9. The lowest BCUT2D eigenvalue weighted by Gasteiger charge is -2.46. The molecular weight excluding hydrogens is 678 g/mol. The summed E-state index contributed by atoms with van der Waals surface area (Å²) in [5.41, 5.74) is 3.24. The average Bonchev–Trinajstić information content (AvgIpc) is 3.24. The normalized spacial score (nSPS) is 31.7. The summed E-state index contributed by atoms with van der Waals surface area (Å²) in [5, 5.41) is -0.0930. The Morgan fingerprint density at radius 3 is 2.72 bits per heavy atom. The molecule has 2 aromatic rings. The number of benzene rings is 2. The van der Waals surface area contributed by atoms with Crippen molar-refractivity contribution in [2.75, 3.05) is 57.5 Å². The van der Waals surface area contributed by atoms with Gasteiger partial charge in [0.2, 0.25) is 15.9 Å². The fourth-order valence-electron chi connectivity index (χ4n) is 8.39. The van der Waals surface area contributed by atoms with Crippen LogP contribution in [-0.2, 0) is 36.1 Å². The monoisotopic (exact) mass is 725 g/mol. The van der Waals surface area contributed by atoms with E-state index in [9.17, 15) is 18.0 Å². The number of carbonyl (C=O) groups excluding carboxylic acids is 2. The minimum atomic E-state index is -3.97. The number of halogens is 1. The van der Waals surface area contributed by atoms with E-state index >= 15 is 0 Å². The van der Waals surface area contributed by atoms with E-state index in [1.54, 1.807) is 30.0 Å². The molecule has 5 aliphatic rings. The van der Waals surface area contributed by atoms with Crippen LogP contribution in [0.3, 0.4) is 0 Å². The van der Waals surface area contributed by atoms with E-state index in [2.05, 4.69) is 21.8 Å². The molecule has 7 rings (SSSR count). The molecule has 2 fully saturated rings. The number of aryl methyl sites for hydroxylation is 1. The highest BCUT2D eigenvalue weighted by atomic mass is 35.5. The highest BCUT2D eigenvalue weighted by Gasteiger charge is 2.45. The Hall–Kier alpha value is -3.12. The van der Waals surface area contributed by atoms with Gasteiger partial charge in [0.05, 0.1) is 36.9 Å². The quantitative estimate of drug-likeness (QED) is 0.434. The zero-order valence-corrected chi connectivity index (χ0v) is 30.5. The maximum absolute atomic E-state index is 13.5. The summed E-state index contributed by atoms with van der Waals surface area (Å²) in [6, 6.07) is 11.4. The summed E-state index contributed by atoms with van der Waals surface area (Å²) in [7, 11) is -3.97. The lowest BCUT2D eigenvalue weighted by atomic mass is 9.68. The molecule has 270 valence electrons. The largest absolute Gasteiger partial charge is 0.490 e. The Kier molecular flexibility index (Phi) is 10.2. The standard InChI is InChI=1S/C38H48ClN3O7S/c1-25-5-3-7-34(48-22-36(43)41-15-17-47-18-16-41)31-11-8-29(31)21-42-23-38(14-4-6-27-19-30(39)10-12-32(27)38)24-49-35-13-9-28(20-33(35)42)37(44)40-50(45,46)26(25)2/h3,7,9-10,12-13,19-20,25-26,29,31,34H,4-6,8,11,14-18,21-24H2,1-2H3,(H,40,44)/b7-3-/t25-,26+,29-,31+,34-,38-/m0/s1. The number of nitrogens with zero attached hydrogens (tertiary/aromatic N) is 2. The zero-order valence-electron chi connectivity index (χ0n) is 28.9. The van der Waals surface area contributed by atoms with Gasteiger partial charge < -0.3 is 24.0 Å². The Morgan fingerprint density at radius 1 is 1.12 bits per heavy atom. The Morgan fingerprint density at radius 2 is 1.94 bits per heavy atom. The van der Waals surface area contributed by atoms with Gasteiger partial charge in [0.25, 0.3) is 5.91 Å². The maximum Gasteiger partial charge on any atom is 0.264 e. The number of allylic oxidation sites excluding steroid dienone is 1. The van der Waals surface area contributed by atoms with Gasteiger partial charge in [0, 0.05) is 42.2 Å². The van der Waals surface area contributed by atoms with Crippen LogP contribution in [0.25, 0.3) is 0 Å². The van der Waals surface area contributed by atoms with Crippen LogP contribution in [0, 0.1) is 17.8 Å². The van der Waals surface area contributed by atoms with Crippen LogP contribution >= 0.6 is 11.6 Å². The summed E-state index contributed by atoms with van der Waals surface area (Å²) < 4.78 is 47.7. The Labute approximate surface area is 300 Å². The molecule has 3 heterocycles. The van der Waals surface area contributed by atoms with Gasteiger partial charge in [0.15, 0.2) is 0 Å². The number of morpholine rings is 1. The van der Waals surface area contributed by atoms with Crippen molar-refractivity contribution >= 4 is 39.1 Å². The van der Waals surface area contributed by atoms with Crippen LogP contribution in [0.5, 0.6) is 5.75 Å². The summed E-state index contributed by atoms with van der Waals surface area (Å²) in [6.07, 6.45) is 9.08. The van der Waals surface area contributed by atoms with Gasteiger partial charge in [-0.3, -0.25) is 9.59 Å². The first-order valence-corrected chi connectivity index (χ1v) is 20.0. The van der Waals surface area contributed by atoms with Gasteiger partial charge in [-0.05, 0) is 105 Å². The highest BCUT2D eigenvalue weighted by Crippen LogP contribution is 2.47. The highest BCUT2D eigenvalue weighted by molar-refractivity contribution is 7.90. The molecule has 0 unspecified atom stereocenters. The van der Waals surface area contributed by atoms with Gasteiger partial charge in [-0.15, -0.1) is 0 Å². The first kappa shape index (κ1) is 35.3. The van der Waals surface area contributed by atoms with Crippen LogP contribution in [0.15, 0.2) is 48.6 Å². The first-order valence-electron chi connectivity index (χ1n) is 18.0. The van der Waals surface area contributed by atoms with E-state index in [1.165, 1.54) is 11.1 Å². The predicted octanol–water partition coefficient (Wildman–Crippen LogP) is 5.13. The predicted molar refractivity (Wildman–Crippen MR) is 192 cm³/mol. The smallest absolute Gasteiger partial charge is 0.264 e. The van der Waals surface area contributed by atoms with E-state index in [0.29, 0.717) is 58.2 Å². The summed E-state index contributed by atoms with van der Waals surface area (Å²) in [4.78, 5) is 30.8. The SMILES string of the molecule is C[C@@H]1[C@@H](C)C/C=C\[C@H](OCC(=O)N2CCOCC2)[C@@H]2CC[C@H]2CN2C[C@@]3(CCCc4cc(Cl)ccc43)COc3ccc(cc32)C(=O)NS1(=O)=O. The number of nitrogens with one attached hydrogen (secondary N) is 1. The van der Waals surface area contributed by atoms with E-state index < -0.39 is 21.2 Å². The molecule has 2 amide bonds. The number of rotatable bonds is 3. The third kappa shape index (κ3) is 7.16. The number of anilines is 1. The van der Waals surface area contributed by atoms with Crippen molar-refractivity contribution in [3.8, 4) is 5.75 Å². The van der Waals surface area contributed by atoms with Crippen LogP contribution in [0.4, 0.5) is 5.69 Å². The minimum Gasteiger partial charge on any atom is -0.490 e. The topological polar surface area (TPSA) is 114 Å². The molecule has 2 bridgehead atoms. The zero-order chi connectivity index (χ0) is 35.0. The van der Waals surface area contributed by atoms with E-state index in [-0.39, 0.29) is 47.4 Å². The van der Waals surface area contributed by atoms with E-state index in [4.69, 9.17) is 25.8 Å². The lowest BCUT2D eigenvalue weighted by Crippen LogP contribution is -2.50. The Balaban J connectivity index is 1.24. The molecule has 50 heavy (non-hydrogen) atoms. The van der Waals surface area contributed by atoms with Crippen LogP contribution in [-0.4, -0.2) is 89.1 Å².